The summed E-state index contributed by atoms with van der Waals surface area (Å²) in [5.74, 6) is 1.77. The number of nitrogens with one attached hydrogen (secondary N) is 1. The van der Waals surface area contributed by atoms with E-state index in [1.165, 1.54) is 11.3 Å². The van der Waals surface area contributed by atoms with Crippen molar-refractivity contribution in [3.05, 3.63) is 59.7 Å². The average Bonchev–Trinajstić information content (AvgIpc) is 3.15. The lowest BCUT2D eigenvalue weighted by Crippen LogP contribution is -2.30. The second-order valence-electron chi connectivity index (χ2n) is 6.46. The molecule has 138 valence electrons. The number of ether oxygens (including phenoxy) is 2. The highest BCUT2D eigenvalue weighted by atomic mass is 16.5. The van der Waals surface area contributed by atoms with Crippen LogP contribution in [0.4, 0.5) is 5.69 Å². The Labute approximate surface area is 156 Å². The summed E-state index contributed by atoms with van der Waals surface area (Å²) < 4.78 is 11.7. The molecule has 1 saturated heterocycles. The summed E-state index contributed by atoms with van der Waals surface area (Å²) in [7, 11) is 0. The zero-order valence-electron chi connectivity index (χ0n) is 15.7. The van der Waals surface area contributed by atoms with E-state index < -0.39 is 0 Å². The van der Waals surface area contributed by atoms with Crippen LogP contribution in [0.15, 0.2) is 54.1 Å². The SMILES string of the molecule is CCCOc1ccc(C=C2CNN(c3ccccc3)C2)c(OCCC)c1. The largest absolute Gasteiger partial charge is 0.493 e. The van der Waals surface area contributed by atoms with Crippen LogP contribution in [-0.4, -0.2) is 26.3 Å². The van der Waals surface area contributed by atoms with Crippen LogP contribution in [0.1, 0.15) is 32.3 Å². The zero-order valence-corrected chi connectivity index (χ0v) is 15.7. The number of hydrazine groups is 1. The van der Waals surface area contributed by atoms with Gasteiger partial charge in [-0.15, -0.1) is 0 Å². The van der Waals surface area contributed by atoms with Gasteiger partial charge in [-0.25, -0.2) is 5.43 Å². The van der Waals surface area contributed by atoms with E-state index in [2.05, 4.69) is 60.7 Å². The van der Waals surface area contributed by atoms with Gasteiger partial charge in [0.25, 0.3) is 0 Å². The number of benzene rings is 2. The minimum atomic E-state index is 0.710. The Hall–Kier alpha value is -2.46. The summed E-state index contributed by atoms with van der Waals surface area (Å²) in [6.45, 7) is 7.37. The van der Waals surface area contributed by atoms with Crippen LogP contribution in [0, 0.1) is 0 Å². The summed E-state index contributed by atoms with van der Waals surface area (Å²) >= 11 is 0. The fourth-order valence-electron chi connectivity index (χ4n) is 2.90. The minimum absolute atomic E-state index is 0.710. The average molecular weight is 352 g/mol. The topological polar surface area (TPSA) is 33.7 Å². The van der Waals surface area contributed by atoms with E-state index in [1.807, 2.05) is 18.2 Å². The molecule has 1 aliphatic heterocycles. The molecule has 1 N–H and O–H groups in total. The number of anilines is 1. The lowest BCUT2D eigenvalue weighted by atomic mass is 10.1. The molecule has 0 amide bonds. The van der Waals surface area contributed by atoms with E-state index >= 15 is 0 Å². The van der Waals surface area contributed by atoms with E-state index in [9.17, 15) is 0 Å². The van der Waals surface area contributed by atoms with Crippen molar-refractivity contribution in [2.24, 2.45) is 0 Å². The Bertz CT molecular complexity index is 728. The van der Waals surface area contributed by atoms with Crippen molar-refractivity contribution in [1.29, 1.82) is 0 Å². The molecule has 0 aromatic heterocycles. The molecule has 1 fully saturated rings. The van der Waals surface area contributed by atoms with Crippen molar-refractivity contribution in [1.82, 2.24) is 5.43 Å². The van der Waals surface area contributed by atoms with Gasteiger partial charge in [-0.1, -0.05) is 32.0 Å². The molecular formula is C22H28N2O2. The highest BCUT2D eigenvalue weighted by Crippen LogP contribution is 2.28. The molecule has 0 spiro atoms. The van der Waals surface area contributed by atoms with Crippen LogP contribution in [0.2, 0.25) is 0 Å². The molecule has 2 aromatic rings. The second-order valence-corrected chi connectivity index (χ2v) is 6.46. The fourth-order valence-corrected chi connectivity index (χ4v) is 2.90. The monoisotopic (exact) mass is 352 g/mol. The predicted molar refractivity (Wildman–Crippen MR) is 108 cm³/mol. The van der Waals surface area contributed by atoms with Crippen molar-refractivity contribution < 1.29 is 9.47 Å². The van der Waals surface area contributed by atoms with Gasteiger partial charge in [0.05, 0.1) is 25.4 Å². The van der Waals surface area contributed by atoms with Gasteiger partial charge in [0, 0.05) is 18.2 Å². The molecule has 0 unspecified atom stereocenters. The Balaban J connectivity index is 1.76. The first-order chi connectivity index (χ1) is 12.8. The lowest BCUT2D eigenvalue weighted by molar-refractivity contribution is 0.301. The third-order valence-electron chi connectivity index (χ3n) is 4.21. The van der Waals surface area contributed by atoms with Crippen LogP contribution in [0.5, 0.6) is 11.5 Å². The van der Waals surface area contributed by atoms with Gasteiger partial charge in [-0.05, 0) is 48.8 Å². The van der Waals surface area contributed by atoms with Crippen molar-refractivity contribution in [3.63, 3.8) is 0 Å². The summed E-state index contributed by atoms with van der Waals surface area (Å²) in [5.41, 5.74) is 7.06. The van der Waals surface area contributed by atoms with Gasteiger partial charge < -0.3 is 14.5 Å². The maximum absolute atomic E-state index is 5.97. The molecule has 1 aliphatic rings. The van der Waals surface area contributed by atoms with E-state index in [0.717, 1.165) is 49.6 Å². The van der Waals surface area contributed by atoms with Crippen molar-refractivity contribution in [2.45, 2.75) is 26.7 Å². The Morgan fingerprint density at radius 2 is 1.77 bits per heavy atom. The lowest BCUT2D eigenvalue weighted by Gasteiger charge is -2.16. The molecule has 0 saturated carbocycles. The Morgan fingerprint density at radius 3 is 2.54 bits per heavy atom. The molecule has 1 heterocycles. The number of para-hydroxylation sites is 1. The molecule has 2 aromatic carbocycles. The summed E-state index contributed by atoms with van der Waals surface area (Å²) in [4.78, 5) is 0. The third kappa shape index (κ3) is 4.79. The van der Waals surface area contributed by atoms with E-state index in [4.69, 9.17) is 9.47 Å². The van der Waals surface area contributed by atoms with Gasteiger partial charge >= 0.3 is 0 Å². The van der Waals surface area contributed by atoms with Crippen LogP contribution in [0.3, 0.4) is 0 Å². The van der Waals surface area contributed by atoms with Gasteiger partial charge in [0.15, 0.2) is 0 Å². The van der Waals surface area contributed by atoms with Crippen LogP contribution < -0.4 is 19.9 Å². The first-order valence-electron chi connectivity index (χ1n) is 9.45. The van der Waals surface area contributed by atoms with Crippen molar-refractivity contribution in [2.75, 3.05) is 31.3 Å². The molecule has 3 rings (SSSR count). The standard InChI is InChI=1S/C22H28N2O2/c1-3-12-25-21-11-10-19(22(15-21)26-13-4-2)14-18-16-23-24(17-18)20-8-6-5-7-9-20/h5-11,14-15,23H,3-4,12-13,16-17H2,1-2H3. The number of rotatable bonds is 8. The van der Waals surface area contributed by atoms with Crippen LogP contribution >= 0.6 is 0 Å². The van der Waals surface area contributed by atoms with Crippen molar-refractivity contribution >= 4 is 11.8 Å². The molecule has 0 radical (unpaired) electrons. The van der Waals surface area contributed by atoms with E-state index in [1.54, 1.807) is 0 Å². The van der Waals surface area contributed by atoms with Gasteiger partial charge in [-0.3, -0.25) is 0 Å². The van der Waals surface area contributed by atoms with Crippen molar-refractivity contribution in [3.8, 4) is 11.5 Å². The molecule has 4 heteroatoms. The quantitative estimate of drug-likeness (QED) is 0.748. The number of hydrogen-bond acceptors (Lipinski definition) is 4. The Kier molecular flexibility index (Phi) is 6.56. The first kappa shape index (κ1) is 18.3. The molecule has 0 atom stereocenters. The molecular weight excluding hydrogens is 324 g/mol. The maximum Gasteiger partial charge on any atom is 0.130 e. The maximum atomic E-state index is 5.97. The third-order valence-corrected chi connectivity index (χ3v) is 4.21. The van der Waals surface area contributed by atoms with Crippen LogP contribution in [-0.2, 0) is 0 Å². The van der Waals surface area contributed by atoms with Gasteiger partial charge in [-0.2, -0.15) is 0 Å². The summed E-state index contributed by atoms with van der Waals surface area (Å²) in [6.07, 6.45) is 4.21. The Morgan fingerprint density at radius 1 is 1.00 bits per heavy atom. The number of nitrogens with zero attached hydrogens (tertiary/aromatic N) is 1. The molecule has 0 bridgehead atoms. The highest BCUT2D eigenvalue weighted by molar-refractivity contribution is 5.64. The first-order valence-corrected chi connectivity index (χ1v) is 9.45. The van der Waals surface area contributed by atoms with E-state index in [0.29, 0.717) is 6.61 Å². The predicted octanol–water partition coefficient (Wildman–Crippen LogP) is 4.67. The van der Waals surface area contributed by atoms with Gasteiger partial charge in [0.2, 0.25) is 0 Å². The zero-order chi connectivity index (χ0) is 18.2. The molecule has 0 aliphatic carbocycles. The number of hydrogen-bond donors (Lipinski definition) is 1. The smallest absolute Gasteiger partial charge is 0.130 e. The van der Waals surface area contributed by atoms with Crippen LogP contribution in [0.25, 0.3) is 6.08 Å². The van der Waals surface area contributed by atoms with Gasteiger partial charge in [0.1, 0.15) is 11.5 Å². The van der Waals surface area contributed by atoms with E-state index in [-0.39, 0.29) is 0 Å². The molecule has 26 heavy (non-hydrogen) atoms. The second kappa shape index (κ2) is 9.30. The summed E-state index contributed by atoms with van der Waals surface area (Å²) in [6, 6.07) is 16.5. The normalized spacial score (nSPS) is 15.5. The highest BCUT2D eigenvalue weighted by Gasteiger charge is 2.17. The fraction of sp³-hybridized carbons (Fsp3) is 0.364. The molecule has 4 nitrogen and oxygen atoms in total. The summed E-state index contributed by atoms with van der Waals surface area (Å²) in [5, 5.41) is 2.18. The minimum Gasteiger partial charge on any atom is -0.493 e.